The number of para-hydroxylation sites is 1. The molecule has 0 unspecified atom stereocenters. The summed E-state index contributed by atoms with van der Waals surface area (Å²) in [4.78, 5) is 31.5. The second-order valence-corrected chi connectivity index (χ2v) is 7.27. The number of carboxylic acids is 1. The van der Waals surface area contributed by atoms with Crippen LogP contribution in [0, 0.1) is 0 Å². The zero-order valence-electron chi connectivity index (χ0n) is 15.7. The van der Waals surface area contributed by atoms with E-state index in [9.17, 15) is 19.8 Å². The summed E-state index contributed by atoms with van der Waals surface area (Å²) in [6, 6.07) is 13.3. The van der Waals surface area contributed by atoms with Crippen LogP contribution in [0.4, 0.5) is 0 Å². The predicted molar refractivity (Wildman–Crippen MR) is 114 cm³/mol. The standard InChI is InChI=1S/C22H18ClN3O4/c23-20-15-7-2-1-6-14(15)19(27)18(26-20)21(28)25-17(22(29)30)10-9-12-11-24-16-8-4-3-5-13(12)16/h1-8,11,17,24,27H,9-10H2,(H,25,28)(H,29,30)/t17-/m1/s1. The highest BCUT2D eigenvalue weighted by atomic mass is 35.5. The van der Waals surface area contributed by atoms with Gasteiger partial charge in [-0.3, -0.25) is 4.79 Å². The monoisotopic (exact) mass is 423 g/mol. The molecule has 4 N–H and O–H groups in total. The van der Waals surface area contributed by atoms with Crippen LogP contribution in [-0.2, 0) is 11.2 Å². The number of carbonyl (C=O) groups excluding carboxylic acids is 1. The molecular formula is C22H18ClN3O4. The molecule has 4 aromatic rings. The Morgan fingerprint density at radius 1 is 1.07 bits per heavy atom. The molecule has 2 aromatic carbocycles. The van der Waals surface area contributed by atoms with Crippen molar-refractivity contribution in [2.45, 2.75) is 18.9 Å². The number of aryl methyl sites for hydroxylation is 1. The van der Waals surface area contributed by atoms with Gasteiger partial charge in [0, 0.05) is 27.9 Å². The summed E-state index contributed by atoms with van der Waals surface area (Å²) < 4.78 is 0. The third kappa shape index (κ3) is 3.67. The Morgan fingerprint density at radius 2 is 1.73 bits per heavy atom. The number of aromatic amines is 1. The lowest BCUT2D eigenvalue weighted by atomic mass is 10.0. The van der Waals surface area contributed by atoms with E-state index < -0.39 is 17.9 Å². The highest BCUT2D eigenvalue weighted by molar-refractivity contribution is 6.34. The topological polar surface area (TPSA) is 115 Å². The van der Waals surface area contributed by atoms with E-state index in [1.54, 1.807) is 24.3 Å². The molecule has 0 saturated heterocycles. The molecular weight excluding hydrogens is 406 g/mol. The van der Waals surface area contributed by atoms with Crippen molar-refractivity contribution >= 4 is 45.2 Å². The first-order chi connectivity index (χ1) is 14.5. The van der Waals surface area contributed by atoms with Crippen LogP contribution in [0.15, 0.2) is 54.7 Å². The van der Waals surface area contributed by atoms with Crippen LogP contribution in [0.5, 0.6) is 5.75 Å². The number of nitrogens with one attached hydrogen (secondary N) is 2. The van der Waals surface area contributed by atoms with Gasteiger partial charge in [0.05, 0.1) is 0 Å². The molecule has 0 spiro atoms. The van der Waals surface area contributed by atoms with Gasteiger partial charge < -0.3 is 20.5 Å². The van der Waals surface area contributed by atoms with Gasteiger partial charge in [0.1, 0.15) is 11.2 Å². The van der Waals surface area contributed by atoms with Crippen LogP contribution in [0.1, 0.15) is 22.5 Å². The summed E-state index contributed by atoms with van der Waals surface area (Å²) in [5.41, 5.74) is 1.61. The van der Waals surface area contributed by atoms with Crippen molar-refractivity contribution in [3.8, 4) is 5.75 Å². The quantitative estimate of drug-likeness (QED) is 0.351. The van der Waals surface area contributed by atoms with Gasteiger partial charge in [-0.05, 0) is 24.5 Å². The van der Waals surface area contributed by atoms with Crippen molar-refractivity contribution < 1.29 is 19.8 Å². The summed E-state index contributed by atoms with van der Waals surface area (Å²) in [7, 11) is 0. The maximum atomic E-state index is 12.7. The first kappa shape index (κ1) is 19.7. The van der Waals surface area contributed by atoms with E-state index in [-0.39, 0.29) is 23.0 Å². The van der Waals surface area contributed by atoms with Crippen molar-refractivity contribution in [3.05, 3.63) is 71.1 Å². The van der Waals surface area contributed by atoms with E-state index in [0.717, 1.165) is 16.5 Å². The maximum Gasteiger partial charge on any atom is 0.326 e. The number of pyridine rings is 1. The molecule has 0 saturated carbocycles. The summed E-state index contributed by atoms with van der Waals surface area (Å²) in [6.45, 7) is 0. The van der Waals surface area contributed by atoms with Gasteiger partial charge >= 0.3 is 5.97 Å². The number of benzene rings is 2. The highest BCUT2D eigenvalue weighted by Gasteiger charge is 2.25. The minimum absolute atomic E-state index is 0.0548. The van der Waals surface area contributed by atoms with E-state index in [0.29, 0.717) is 17.2 Å². The van der Waals surface area contributed by atoms with Gasteiger partial charge in [-0.1, -0.05) is 54.1 Å². The van der Waals surface area contributed by atoms with Crippen LogP contribution in [0.3, 0.4) is 0 Å². The lowest BCUT2D eigenvalue weighted by molar-refractivity contribution is -0.139. The number of fused-ring (bicyclic) bond motifs is 2. The number of carbonyl (C=O) groups is 2. The number of nitrogens with zero attached hydrogens (tertiary/aromatic N) is 1. The molecule has 0 aliphatic rings. The fourth-order valence-corrected chi connectivity index (χ4v) is 3.74. The van der Waals surface area contributed by atoms with E-state index in [2.05, 4.69) is 15.3 Å². The fraction of sp³-hybridized carbons (Fsp3) is 0.136. The molecule has 2 heterocycles. The normalized spacial score (nSPS) is 12.2. The number of aliphatic carboxylic acids is 1. The molecule has 0 aliphatic carbocycles. The number of H-pyrrole nitrogens is 1. The Kier molecular flexibility index (Phi) is 5.29. The molecule has 8 heteroatoms. The molecule has 0 bridgehead atoms. The Bertz CT molecular complexity index is 1270. The minimum atomic E-state index is -1.17. The third-order valence-electron chi connectivity index (χ3n) is 5.03. The number of aromatic nitrogens is 2. The average molecular weight is 424 g/mol. The second kappa shape index (κ2) is 8.04. The lowest BCUT2D eigenvalue weighted by Crippen LogP contribution is -2.41. The zero-order chi connectivity index (χ0) is 21.3. The average Bonchev–Trinajstić information content (AvgIpc) is 3.16. The molecule has 0 radical (unpaired) electrons. The lowest BCUT2D eigenvalue weighted by Gasteiger charge is -2.15. The smallest absolute Gasteiger partial charge is 0.326 e. The maximum absolute atomic E-state index is 12.7. The van der Waals surface area contributed by atoms with E-state index in [4.69, 9.17) is 11.6 Å². The van der Waals surface area contributed by atoms with Crippen molar-refractivity contribution in [3.63, 3.8) is 0 Å². The second-order valence-electron chi connectivity index (χ2n) is 6.91. The van der Waals surface area contributed by atoms with Crippen LogP contribution in [-0.4, -0.2) is 38.1 Å². The van der Waals surface area contributed by atoms with Crippen molar-refractivity contribution in [1.82, 2.24) is 15.3 Å². The molecule has 152 valence electrons. The van der Waals surface area contributed by atoms with E-state index >= 15 is 0 Å². The minimum Gasteiger partial charge on any atom is -0.505 e. The Hall–Kier alpha value is -3.58. The Morgan fingerprint density at radius 3 is 2.47 bits per heavy atom. The summed E-state index contributed by atoms with van der Waals surface area (Å²) >= 11 is 6.14. The van der Waals surface area contributed by atoms with Crippen molar-refractivity contribution in [2.75, 3.05) is 0 Å². The number of hydrogen-bond acceptors (Lipinski definition) is 4. The summed E-state index contributed by atoms with van der Waals surface area (Å²) in [6.07, 6.45) is 2.45. The number of rotatable bonds is 6. The van der Waals surface area contributed by atoms with Crippen molar-refractivity contribution in [1.29, 1.82) is 0 Å². The van der Waals surface area contributed by atoms with Crippen LogP contribution >= 0.6 is 11.6 Å². The van der Waals surface area contributed by atoms with E-state index in [1.807, 2.05) is 30.5 Å². The summed E-state index contributed by atoms with van der Waals surface area (Å²) in [5, 5.41) is 24.4. The number of carboxylic acid groups (broad SMARTS) is 1. The molecule has 1 atom stereocenters. The van der Waals surface area contributed by atoms with Crippen LogP contribution in [0.25, 0.3) is 21.7 Å². The Labute approximate surface area is 176 Å². The molecule has 2 aromatic heterocycles. The van der Waals surface area contributed by atoms with Crippen molar-refractivity contribution in [2.24, 2.45) is 0 Å². The molecule has 7 nitrogen and oxygen atoms in total. The van der Waals surface area contributed by atoms with Gasteiger partial charge in [0.2, 0.25) is 0 Å². The van der Waals surface area contributed by atoms with Gasteiger partial charge in [0.25, 0.3) is 5.91 Å². The largest absolute Gasteiger partial charge is 0.505 e. The van der Waals surface area contributed by atoms with Gasteiger partial charge in [0.15, 0.2) is 11.4 Å². The molecule has 1 amide bonds. The van der Waals surface area contributed by atoms with E-state index in [1.165, 1.54) is 0 Å². The third-order valence-corrected chi connectivity index (χ3v) is 5.32. The van der Waals surface area contributed by atoms with Crippen LogP contribution in [0.2, 0.25) is 5.15 Å². The number of amides is 1. The molecule has 4 rings (SSSR count). The number of halogens is 1. The first-order valence-corrected chi connectivity index (χ1v) is 9.69. The number of aromatic hydroxyl groups is 1. The summed E-state index contributed by atoms with van der Waals surface area (Å²) in [5.74, 6) is -2.31. The highest BCUT2D eigenvalue weighted by Crippen LogP contribution is 2.31. The van der Waals surface area contributed by atoms with Crippen LogP contribution < -0.4 is 5.32 Å². The molecule has 0 fully saturated rings. The first-order valence-electron chi connectivity index (χ1n) is 9.31. The molecule has 30 heavy (non-hydrogen) atoms. The fourth-order valence-electron chi connectivity index (χ4n) is 3.49. The zero-order valence-corrected chi connectivity index (χ0v) is 16.5. The van der Waals surface area contributed by atoms with Gasteiger partial charge in [-0.2, -0.15) is 0 Å². The number of hydrogen-bond donors (Lipinski definition) is 4. The molecule has 0 aliphatic heterocycles. The van der Waals surface area contributed by atoms with Gasteiger partial charge in [-0.15, -0.1) is 0 Å². The predicted octanol–water partition coefficient (Wildman–Crippen LogP) is 3.89. The van der Waals surface area contributed by atoms with Gasteiger partial charge in [-0.25, -0.2) is 9.78 Å². The Balaban J connectivity index is 1.55. The SMILES string of the molecule is O=C(N[C@H](CCc1c[nH]c2ccccc12)C(=O)O)c1nc(Cl)c2ccccc2c1O.